The summed E-state index contributed by atoms with van der Waals surface area (Å²) in [6, 6.07) is 5.15. The Kier molecular flexibility index (Phi) is 4.84. The second-order valence-corrected chi connectivity index (χ2v) is 5.35. The third-order valence-corrected chi connectivity index (χ3v) is 3.37. The van der Waals surface area contributed by atoms with Gasteiger partial charge in [0.25, 0.3) is 5.91 Å². The molecule has 20 heavy (non-hydrogen) atoms. The summed E-state index contributed by atoms with van der Waals surface area (Å²) in [5.41, 5.74) is 6.47. The molecule has 0 heterocycles. The summed E-state index contributed by atoms with van der Waals surface area (Å²) in [5, 5.41) is 6.00. The first-order valence-corrected chi connectivity index (χ1v) is 7.06. The van der Waals surface area contributed by atoms with E-state index in [2.05, 4.69) is 10.6 Å². The van der Waals surface area contributed by atoms with Gasteiger partial charge >= 0.3 is 0 Å². The number of nitrogens with two attached hydrogens (primary N) is 1. The van der Waals surface area contributed by atoms with Gasteiger partial charge in [0.05, 0.1) is 10.6 Å². The minimum absolute atomic E-state index is 0.0451. The summed E-state index contributed by atoms with van der Waals surface area (Å²) in [4.78, 5) is 23.3. The van der Waals surface area contributed by atoms with Crippen molar-refractivity contribution in [1.29, 1.82) is 0 Å². The first-order valence-electron chi connectivity index (χ1n) is 6.69. The van der Waals surface area contributed by atoms with Crippen molar-refractivity contribution < 1.29 is 9.59 Å². The number of carbonyl (C=O) groups excluding carboxylic acids is 2. The molecule has 1 fully saturated rings. The predicted octanol–water partition coefficient (Wildman–Crippen LogP) is 1.71. The fourth-order valence-electron chi connectivity index (χ4n) is 1.79. The average molecular weight is 296 g/mol. The quantitative estimate of drug-likeness (QED) is 0.552. The highest BCUT2D eigenvalue weighted by Gasteiger charge is 2.22. The van der Waals surface area contributed by atoms with Crippen molar-refractivity contribution in [3.8, 4) is 0 Å². The molecule has 0 aliphatic heterocycles. The van der Waals surface area contributed by atoms with Gasteiger partial charge in [-0.3, -0.25) is 9.59 Å². The maximum Gasteiger partial charge on any atom is 0.252 e. The number of anilines is 1. The molecule has 1 aromatic rings. The van der Waals surface area contributed by atoms with E-state index in [0.717, 1.165) is 12.8 Å². The van der Waals surface area contributed by atoms with E-state index in [1.54, 1.807) is 12.1 Å². The minimum atomic E-state index is -0.273. The summed E-state index contributed by atoms with van der Waals surface area (Å²) in [6.07, 6.45) is 3.18. The lowest BCUT2D eigenvalue weighted by Crippen LogP contribution is -2.28. The monoisotopic (exact) mass is 295 g/mol. The molecule has 4 N–H and O–H groups in total. The van der Waals surface area contributed by atoms with E-state index in [4.69, 9.17) is 17.3 Å². The number of hydrogen-bond donors (Lipinski definition) is 3. The highest BCUT2D eigenvalue weighted by molar-refractivity contribution is 6.34. The first-order chi connectivity index (χ1) is 9.56. The van der Waals surface area contributed by atoms with Crippen LogP contribution in [-0.2, 0) is 4.79 Å². The molecule has 108 valence electrons. The standard InChI is InChI=1S/C14H18ClN3O2/c15-12-6-3-9(16)8-11(12)14(20)17-7-1-2-13(19)18-10-4-5-10/h3,6,8,10H,1-2,4-5,7,16H2,(H,17,20)(H,18,19). The van der Waals surface area contributed by atoms with Crippen LogP contribution >= 0.6 is 11.6 Å². The van der Waals surface area contributed by atoms with Crippen molar-refractivity contribution in [2.24, 2.45) is 0 Å². The van der Waals surface area contributed by atoms with Crippen LogP contribution in [0.5, 0.6) is 0 Å². The van der Waals surface area contributed by atoms with E-state index < -0.39 is 0 Å². The van der Waals surface area contributed by atoms with E-state index >= 15 is 0 Å². The maximum atomic E-state index is 11.9. The van der Waals surface area contributed by atoms with Crippen molar-refractivity contribution in [2.45, 2.75) is 31.7 Å². The van der Waals surface area contributed by atoms with E-state index in [1.807, 2.05) is 0 Å². The molecule has 1 saturated carbocycles. The fourth-order valence-corrected chi connectivity index (χ4v) is 1.99. The summed E-state index contributed by atoms with van der Waals surface area (Å²) in [6.45, 7) is 0.433. The van der Waals surface area contributed by atoms with Gasteiger partial charge in [-0.15, -0.1) is 0 Å². The number of amides is 2. The number of halogens is 1. The van der Waals surface area contributed by atoms with Crippen LogP contribution in [0.2, 0.25) is 5.02 Å². The van der Waals surface area contributed by atoms with Gasteiger partial charge in [0, 0.05) is 24.7 Å². The zero-order chi connectivity index (χ0) is 14.5. The van der Waals surface area contributed by atoms with Gasteiger partial charge in [-0.05, 0) is 37.5 Å². The highest BCUT2D eigenvalue weighted by atomic mass is 35.5. The largest absolute Gasteiger partial charge is 0.399 e. The van der Waals surface area contributed by atoms with Gasteiger partial charge in [-0.1, -0.05) is 11.6 Å². The molecule has 6 heteroatoms. The second-order valence-electron chi connectivity index (χ2n) is 4.94. The number of carbonyl (C=O) groups is 2. The average Bonchev–Trinajstić information content (AvgIpc) is 3.21. The minimum Gasteiger partial charge on any atom is -0.399 e. The Bertz CT molecular complexity index is 515. The number of benzene rings is 1. The Labute approximate surface area is 122 Å². The van der Waals surface area contributed by atoms with Crippen molar-refractivity contribution in [1.82, 2.24) is 10.6 Å². The van der Waals surface area contributed by atoms with E-state index in [1.165, 1.54) is 6.07 Å². The van der Waals surface area contributed by atoms with Crippen molar-refractivity contribution in [3.05, 3.63) is 28.8 Å². The van der Waals surface area contributed by atoms with E-state index in [0.29, 0.717) is 41.7 Å². The summed E-state index contributed by atoms with van der Waals surface area (Å²) >= 11 is 5.94. The number of rotatable bonds is 6. The number of nitrogen functional groups attached to an aromatic ring is 1. The molecule has 0 bridgehead atoms. The number of hydrogen-bond acceptors (Lipinski definition) is 3. The molecule has 0 radical (unpaired) electrons. The summed E-state index contributed by atoms with van der Waals surface area (Å²) in [5.74, 6) is -0.228. The van der Waals surface area contributed by atoms with Crippen molar-refractivity contribution in [2.75, 3.05) is 12.3 Å². The highest BCUT2D eigenvalue weighted by Crippen LogP contribution is 2.19. The van der Waals surface area contributed by atoms with Gasteiger partial charge in [0.2, 0.25) is 5.91 Å². The lowest BCUT2D eigenvalue weighted by atomic mass is 10.2. The van der Waals surface area contributed by atoms with Crippen LogP contribution in [0.4, 0.5) is 5.69 Å². The summed E-state index contributed by atoms with van der Waals surface area (Å²) < 4.78 is 0. The van der Waals surface area contributed by atoms with Crippen LogP contribution in [0, 0.1) is 0 Å². The van der Waals surface area contributed by atoms with Crippen LogP contribution in [0.1, 0.15) is 36.0 Å². The van der Waals surface area contributed by atoms with Gasteiger partial charge in [0.1, 0.15) is 0 Å². The molecule has 2 rings (SSSR count). The molecule has 0 saturated heterocycles. The Morgan fingerprint density at radius 1 is 1.35 bits per heavy atom. The molecule has 0 atom stereocenters. The van der Waals surface area contributed by atoms with Gasteiger partial charge in [-0.25, -0.2) is 0 Å². The molecule has 0 spiro atoms. The topological polar surface area (TPSA) is 84.2 Å². The molecule has 1 aliphatic carbocycles. The molecule has 0 aromatic heterocycles. The van der Waals surface area contributed by atoms with Gasteiger partial charge < -0.3 is 16.4 Å². The van der Waals surface area contributed by atoms with Crippen molar-refractivity contribution in [3.63, 3.8) is 0 Å². The Hall–Kier alpha value is -1.75. The SMILES string of the molecule is Nc1ccc(Cl)c(C(=O)NCCCC(=O)NC2CC2)c1. The lowest BCUT2D eigenvalue weighted by molar-refractivity contribution is -0.121. The van der Waals surface area contributed by atoms with Gasteiger partial charge in [0.15, 0.2) is 0 Å². The predicted molar refractivity (Wildman–Crippen MR) is 78.6 cm³/mol. The molecule has 2 amide bonds. The van der Waals surface area contributed by atoms with E-state index in [-0.39, 0.29) is 11.8 Å². The van der Waals surface area contributed by atoms with Crippen LogP contribution in [0.3, 0.4) is 0 Å². The zero-order valence-electron chi connectivity index (χ0n) is 11.1. The van der Waals surface area contributed by atoms with Crippen LogP contribution in [-0.4, -0.2) is 24.4 Å². The molecule has 1 aliphatic rings. The smallest absolute Gasteiger partial charge is 0.252 e. The van der Waals surface area contributed by atoms with Crippen LogP contribution in [0.15, 0.2) is 18.2 Å². The Balaban J connectivity index is 1.71. The van der Waals surface area contributed by atoms with Gasteiger partial charge in [-0.2, -0.15) is 0 Å². The molecular weight excluding hydrogens is 278 g/mol. The number of nitrogens with one attached hydrogen (secondary N) is 2. The lowest BCUT2D eigenvalue weighted by Gasteiger charge is -2.07. The molecule has 5 nitrogen and oxygen atoms in total. The second kappa shape index (κ2) is 6.61. The van der Waals surface area contributed by atoms with Crippen LogP contribution < -0.4 is 16.4 Å². The molecule has 0 unspecified atom stereocenters. The third-order valence-electron chi connectivity index (χ3n) is 3.04. The Morgan fingerprint density at radius 2 is 2.10 bits per heavy atom. The maximum absolute atomic E-state index is 11.9. The zero-order valence-corrected chi connectivity index (χ0v) is 11.9. The Morgan fingerprint density at radius 3 is 2.80 bits per heavy atom. The first kappa shape index (κ1) is 14.7. The molecule has 1 aromatic carbocycles. The van der Waals surface area contributed by atoms with Crippen LogP contribution in [0.25, 0.3) is 0 Å². The third kappa shape index (κ3) is 4.42. The fraction of sp³-hybridized carbons (Fsp3) is 0.429. The van der Waals surface area contributed by atoms with Crippen molar-refractivity contribution >= 4 is 29.1 Å². The molecular formula is C14H18ClN3O2. The normalized spacial score (nSPS) is 13.8. The summed E-state index contributed by atoms with van der Waals surface area (Å²) in [7, 11) is 0. The van der Waals surface area contributed by atoms with E-state index in [9.17, 15) is 9.59 Å².